The predicted molar refractivity (Wildman–Crippen MR) is 138 cm³/mol. The van der Waals surface area contributed by atoms with Crippen molar-refractivity contribution in [2.24, 2.45) is 23.5 Å². The highest BCUT2D eigenvalue weighted by Gasteiger charge is 2.67. The molecule has 2 saturated heterocycles. The lowest BCUT2D eigenvalue weighted by atomic mass is 9.71. The fourth-order valence-corrected chi connectivity index (χ4v) is 4.57. The topological polar surface area (TPSA) is 117 Å². The van der Waals surface area contributed by atoms with Crippen molar-refractivity contribution in [2.75, 3.05) is 6.61 Å². The first-order valence-corrected chi connectivity index (χ1v) is 11.8. The normalized spacial score (nSPS) is 28.7. The van der Waals surface area contributed by atoms with Crippen LogP contribution in [0.5, 0.6) is 0 Å². The van der Waals surface area contributed by atoms with Crippen LogP contribution in [0.1, 0.15) is 73.1 Å². The van der Waals surface area contributed by atoms with E-state index in [9.17, 15) is 9.59 Å². The average molecular weight is 479 g/mol. The van der Waals surface area contributed by atoms with Crippen LogP contribution in [0.4, 0.5) is 4.79 Å². The lowest BCUT2D eigenvalue weighted by molar-refractivity contribution is -0.120. The van der Waals surface area contributed by atoms with E-state index in [2.05, 4.69) is 59.6 Å². The largest absolute Gasteiger partial charge is 0.465 e. The zero-order chi connectivity index (χ0) is 27.1. The Balaban J connectivity index is 0. The summed E-state index contributed by atoms with van der Waals surface area (Å²) in [4.78, 5) is 20.7. The minimum Gasteiger partial charge on any atom is -0.465 e. The quantitative estimate of drug-likeness (QED) is 0.281. The summed E-state index contributed by atoms with van der Waals surface area (Å²) in [6.45, 7) is 17.3. The summed E-state index contributed by atoms with van der Waals surface area (Å²) in [5.41, 5.74) is 5.30. The Kier molecular flexibility index (Phi) is 16.1. The number of carbonyl (C=O) groups is 2. The minimum absolute atomic E-state index is 0.122. The highest BCUT2D eigenvalue weighted by atomic mass is 16.6. The van der Waals surface area contributed by atoms with Crippen LogP contribution in [0.25, 0.3) is 0 Å². The Bertz CT molecular complexity index is 648. The van der Waals surface area contributed by atoms with Crippen LogP contribution in [-0.2, 0) is 14.3 Å². The van der Waals surface area contributed by atoms with E-state index in [1.165, 1.54) is 38.5 Å². The molecule has 1 spiro atoms. The average Bonchev–Trinajstić information content (AvgIpc) is 3.73. The molecule has 7 heteroatoms. The van der Waals surface area contributed by atoms with Gasteiger partial charge in [-0.3, -0.25) is 4.79 Å². The van der Waals surface area contributed by atoms with Crippen LogP contribution < -0.4 is 11.1 Å². The Morgan fingerprint density at radius 3 is 2.03 bits per heavy atom. The first kappa shape index (κ1) is 33.7. The number of nitrogens with one attached hydrogen (secondary N) is 1. The van der Waals surface area contributed by atoms with Gasteiger partial charge in [0.25, 0.3) is 0 Å². The fourth-order valence-electron chi connectivity index (χ4n) is 4.57. The van der Waals surface area contributed by atoms with Crippen molar-refractivity contribution in [1.29, 1.82) is 0 Å². The molecule has 1 saturated carbocycles. The van der Waals surface area contributed by atoms with Crippen LogP contribution in [-0.4, -0.2) is 47.1 Å². The molecule has 0 aromatic carbocycles. The molecular formula is C27H46N2O5. The van der Waals surface area contributed by atoms with Crippen LogP contribution in [0.2, 0.25) is 0 Å². The van der Waals surface area contributed by atoms with E-state index in [0.29, 0.717) is 12.0 Å². The number of amides is 2. The first-order valence-electron chi connectivity index (χ1n) is 11.8. The Morgan fingerprint density at radius 2 is 1.68 bits per heavy atom. The van der Waals surface area contributed by atoms with Crippen molar-refractivity contribution < 1.29 is 24.2 Å². The second-order valence-electron chi connectivity index (χ2n) is 9.49. The van der Waals surface area contributed by atoms with Crippen molar-refractivity contribution in [3.63, 3.8) is 0 Å². The van der Waals surface area contributed by atoms with Crippen LogP contribution in [0.3, 0.4) is 0 Å². The summed E-state index contributed by atoms with van der Waals surface area (Å²) >= 11 is 0. The van der Waals surface area contributed by atoms with Gasteiger partial charge in [-0.2, -0.15) is 0 Å². The summed E-state index contributed by atoms with van der Waals surface area (Å²) < 4.78 is 11.9. The van der Waals surface area contributed by atoms with E-state index in [1.54, 1.807) is 13.8 Å². The van der Waals surface area contributed by atoms with E-state index in [-0.39, 0.29) is 17.1 Å². The molecule has 0 radical (unpaired) electrons. The van der Waals surface area contributed by atoms with Gasteiger partial charge in [0.2, 0.25) is 5.91 Å². The molecule has 34 heavy (non-hydrogen) atoms. The Morgan fingerprint density at radius 1 is 1.15 bits per heavy atom. The number of rotatable bonds is 7. The van der Waals surface area contributed by atoms with E-state index >= 15 is 0 Å². The minimum atomic E-state index is -1.23. The zero-order valence-corrected chi connectivity index (χ0v) is 21.7. The molecule has 1 aliphatic carbocycles. The number of hydrogen-bond donors (Lipinski definition) is 3. The second kappa shape index (κ2) is 16.2. The maximum Gasteiger partial charge on any atom is 0.405 e. The number of carboxylic acid groups (broad SMARTS) is 1. The highest BCUT2D eigenvalue weighted by molar-refractivity contribution is 5.83. The van der Waals surface area contributed by atoms with Gasteiger partial charge in [0.15, 0.2) is 0 Å². The molecule has 0 aromatic heterocycles. The third kappa shape index (κ3) is 10.2. The monoisotopic (exact) mass is 478 g/mol. The van der Waals surface area contributed by atoms with Gasteiger partial charge in [0.05, 0.1) is 23.9 Å². The third-order valence-electron chi connectivity index (χ3n) is 6.42. The van der Waals surface area contributed by atoms with Gasteiger partial charge in [-0.1, -0.05) is 40.5 Å². The molecule has 3 aliphatic rings. The molecule has 3 rings (SSSR count). The van der Waals surface area contributed by atoms with Gasteiger partial charge in [0, 0.05) is 5.92 Å². The number of primary amides is 1. The zero-order valence-electron chi connectivity index (χ0n) is 21.7. The molecule has 3 fully saturated rings. The highest BCUT2D eigenvalue weighted by Crippen LogP contribution is 2.58. The van der Waals surface area contributed by atoms with Crippen LogP contribution in [0.15, 0.2) is 13.2 Å². The number of terminal acetylenes is 2. The number of ether oxygens (including phenoxy) is 2. The van der Waals surface area contributed by atoms with Crippen molar-refractivity contribution in [3.05, 3.63) is 13.2 Å². The number of epoxide rings is 2. The summed E-state index contributed by atoms with van der Waals surface area (Å²) in [6.07, 6.45) is 23.1. The number of hydrogen-bond acceptors (Lipinski definition) is 4. The fraction of sp³-hybridized carbons (Fsp3) is 0.704. The lowest BCUT2D eigenvalue weighted by Crippen LogP contribution is -2.47. The summed E-state index contributed by atoms with van der Waals surface area (Å²) in [7, 11) is 0. The molecule has 2 aliphatic heterocycles. The SMILES string of the molecule is C#C.C#C.C=C.CC(C)C(NC(=O)O)C(N)=O.CC(C)CC[C@H]1O[C@]1(C)C1CCCCC12CO2. The van der Waals surface area contributed by atoms with Crippen LogP contribution in [0, 0.1) is 43.4 Å². The smallest absolute Gasteiger partial charge is 0.405 e. The molecule has 5 atom stereocenters. The van der Waals surface area contributed by atoms with Crippen molar-refractivity contribution in [2.45, 2.75) is 96.5 Å². The summed E-state index contributed by atoms with van der Waals surface area (Å²) in [5, 5.41) is 10.3. The molecule has 2 amide bonds. The van der Waals surface area contributed by atoms with E-state index < -0.39 is 18.0 Å². The van der Waals surface area contributed by atoms with Gasteiger partial charge in [-0.25, -0.2) is 4.79 Å². The molecule has 3 unspecified atom stereocenters. The van der Waals surface area contributed by atoms with Crippen molar-refractivity contribution in [3.8, 4) is 25.7 Å². The molecule has 0 bridgehead atoms. The van der Waals surface area contributed by atoms with Crippen LogP contribution >= 0.6 is 0 Å². The molecule has 7 nitrogen and oxygen atoms in total. The maximum absolute atomic E-state index is 10.6. The predicted octanol–water partition coefficient (Wildman–Crippen LogP) is 4.60. The molecule has 0 aromatic rings. The molecule has 4 N–H and O–H groups in total. The molecular weight excluding hydrogens is 432 g/mol. The second-order valence-corrected chi connectivity index (χ2v) is 9.49. The van der Waals surface area contributed by atoms with Crippen molar-refractivity contribution in [1.82, 2.24) is 5.32 Å². The lowest BCUT2D eigenvalue weighted by Gasteiger charge is -2.32. The Hall–Kier alpha value is -2.48. The first-order chi connectivity index (χ1) is 16.0. The molecule has 194 valence electrons. The van der Waals surface area contributed by atoms with Crippen molar-refractivity contribution >= 4 is 12.0 Å². The van der Waals surface area contributed by atoms with Gasteiger partial charge in [0.1, 0.15) is 6.04 Å². The van der Waals surface area contributed by atoms with Gasteiger partial charge < -0.3 is 25.6 Å². The molecule has 2 heterocycles. The third-order valence-corrected chi connectivity index (χ3v) is 6.42. The van der Waals surface area contributed by atoms with E-state index in [1.807, 2.05) is 5.32 Å². The van der Waals surface area contributed by atoms with E-state index in [0.717, 1.165) is 12.5 Å². The Labute approximate surface area is 207 Å². The summed E-state index contributed by atoms with van der Waals surface area (Å²) in [6, 6.07) is -0.799. The maximum atomic E-state index is 10.6. The number of nitrogens with two attached hydrogens (primary N) is 1. The van der Waals surface area contributed by atoms with Gasteiger partial charge >= 0.3 is 6.09 Å². The van der Waals surface area contributed by atoms with E-state index in [4.69, 9.17) is 20.3 Å². The summed E-state index contributed by atoms with van der Waals surface area (Å²) in [5.74, 6) is 0.688. The standard InChI is InChI=1S/C15H26O2.C6H12N2O3.C2H4.2C2H2/c1-11(2)7-8-13-14(3,17-13)12-6-4-5-9-15(12)10-16-15;1-3(2)4(5(7)9)8-6(10)11;3*1-2/h11-13H,4-10H2,1-3H3;3-4,8H,1-2H3,(H2,7,9)(H,10,11);1-2H2;2*1-2H/t12?,13-,14-,15?;;;;/m1..../s1. The van der Waals surface area contributed by atoms with Gasteiger partial charge in [-0.15, -0.1) is 38.9 Å². The van der Waals surface area contributed by atoms with Gasteiger partial charge in [-0.05, 0) is 44.4 Å². The number of carbonyl (C=O) groups excluding carboxylic acids is 1.